The van der Waals surface area contributed by atoms with E-state index in [9.17, 15) is 4.79 Å². The average Bonchev–Trinajstić information content (AvgIpc) is 2.35. The third kappa shape index (κ3) is 3.54. The Kier molecular flexibility index (Phi) is 5.35. The Hall–Kier alpha value is -1.00. The molecule has 88 valence electrons. The summed E-state index contributed by atoms with van der Waals surface area (Å²) in [6, 6.07) is 6.64. The molecule has 4 heteroatoms. The molecule has 2 N–H and O–H groups in total. The molecule has 1 atom stereocenters. The van der Waals surface area contributed by atoms with Gasteiger partial charge in [0.2, 0.25) is 0 Å². The molecule has 0 fully saturated rings. The smallest absolute Gasteiger partial charge is 0.179 e. The molecule has 3 nitrogen and oxygen atoms in total. The monoisotopic (exact) mass is 239 g/mol. The second-order valence-corrected chi connectivity index (χ2v) is 4.47. The van der Waals surface area contributed by atoms with Gasteiger partial charge in [-0.2, -0.15) is 11.8 Å². The lowest BCUT2D eigenvalue weighted by molar-refractivity contribution is 0.0960. The molecule has 0 saturated heterocycles. The van der Waals surface area contributed by atoms with Crippen LogP contribution in [0.2, 0.25) is 0 Å². The van der Waals surface area contributed by atoms with Gasteiger partial charge in [0, 0.05) is 5.56 Å². The Morgan fingerprint density at radius 2 is 2.06 bits per heavy atom. The number of ether oxygens (including phenoxy) is 1. The molecule has 0 aliphatic rings. The minimum absolute atomic E-state index is 0.00305. The molecule has 0 aliphatic carbocycles. The van der Waals surface area contributed by atoms with Crippen LogP contribution < -0.4 is 10.5 Å². The fourth-order valence-electron chi connectivity index (χ4n) is 1.35. The zero-order chi connectivity index (χ0) is 12.0. The number of nitrogens with two attached hydrogens (primary N) is 1. The number of ketones is 1. The van der Waals surface area contributed by atoms with Gasteiger partial charge in [0.1, 0.15) is 5.75 Å². The Morgan fingerprint density at radius 3 is 2.56 bits per heavy atom. The van der Waals surface area contributed by atoms with Crippen molar-refractivity contribution in [2.24, 2.45) is 5.73 Å². The van der Waals surface area contributed by atoms with Crippen LogP contribution in [-0.2, 0) is 0 Å². The highest BCUT2D eigenvalue weighted by Crippen LogP contribution is 2.13. The summed E-state index contributed by atoms with van der Waals surface area (Å²) in [5, 5.41) is 0. The topological polar surface area (TPSA) is 52.3 Å². The molecular weight excluding hydrogens is 222 g/mol. The van der Waals surface area contributed by atoms with Gasteiger partial charge in [-0.15, -0.1) is 0 Å². The molecule has 1 aromatic rings. The number of hydrogen-bond donors (Lipinski definition) is 1. The second-order valence-electron chi connectivity index (χ2n) is 3.48. The number of carbonyl (C=O) groups excluding carboxylic acids is 1. The Balaban J connectivity index is 2.64. The van der Waals surface area contributed by atoms with Crippen molar-refractivity contribution in [3.63, 3.8) is 0 Å². The third-order valence-corrected chi connectivity index (χ3v) is 2.99. The quantitative estimate of drug-likeness (QED) is 0.771. The number of thioether (sulfide) groups is 1. The minimum Gasteiger partial charge on any atom is -0.497 e. The zero-order valence-electron chi connectivity index (χ0n) is 9.60. The number of benzene rings is 1. The normalized spacial score (nSPS) is 12.2. The van der Waals surface area contributed by atoms with Crippen molar-refractivity contribution in [2.75, 3.05) is 19.1 Å². The lowest BCUT2D eigenvalue weighted by Gasteiger charge is -2.09. The van der Waals surface area contributed by atoms with Crippen LogP contribution >= 0.6 is 11.8 Å². The molecule has 0 unspecified atom stereocenters. The minimum atomic E-state index is -0.402. The van der Waals surface area contributed by atoms with Gasteiger partial charge in [-0.1, -0.05) is 0 Å². The molecule has 0 radical (unpaired) electrons. The zero-order valence-corrected chi connectivity index (χ0v) is 10.4. The fraction of sp³-hybridized carbons (Fsp3) is 0.417. The molecule has 0 bridgehead atoms. The van der Waals surface area contributed by atoms with Gasteiger partial charge in [-0.25, -0.2) is 0 Å². The van der Waals surface area contributed by atoms with Crippen molar-refractivity contribution >= 4 is 17.5 Å². The van der Waals surface area contributed by atoms with Crippen molar-refractivity contribution in [3.05, 3.63) is 29.8 Å². The molecule has 0 amide bonds. The highest BCUT2D eigenvalue weighted by atomic mass is 32.2. The number of hydrogen-bond acceptors (Lipinski definition) is 4. The van der Waals surface area contributed by atoms with E-state index in [1.807, 2.05) is 6.26 Å². The number of rotatable bonds is 6. The Bertz CT molecular complexity index is 337. The Morgan fingerprint density at radius 1 is 1.44 bits per heavy atom. The molecule has 0 spiro atoms. The molecule has 1 aromatic carbocycles. The lowest BCUT2D eigenvalue weighted by Crippen LogP contribution is -2.31. The largest absolute Gasteiger partial charge is 0.497 e. The van der Waals surface area contributed by atoms with E-state index in [1.165, 1.54) is 0 Å². The van der Waals surface area contributed by atoms with Crippen LogP contribution in [0.15, 0.2) is 24.3 Å². The number of carbonyl (C=O) groups is 1. The fourth-order valence-corrected chi connectivity index (χ4v) is 1.83. The third-order valence-electron chi connectivity index (χ3n) is 2.34. The summed E-state index contributed by atoms with van der Waals surface area (Å²) in [5.74, 6) is 1.65. The van der Waals surface area contributed by atoms with Crippen molar-refractivity contribution < 1.29 is 9.53 Å². The van der Waals surface area contributed by atoms with E-state index in [0.717, 1.165) is 11.5 Å². The van der Waals surface area contributed by atoms with E-state index in [1.54, 1.807) is 43.1 Å². The van der Waals surface area contributed by atoms with E-state index >= 15 is 0 Å². The van der Waals surface area contributed by atoms with Crippen molar-refractivity contribution in [2.45, 2.75) is 12.5 Å². The van der Waals surface area contributed by atoms with Gasteiger partial charge < -0.3 is 10.5 Å². The first kappa shape index (κ1) is 13.1. The van der Waals surface area contributed by atoms with Gasteiger partial charge in [-0.05, 0) is 42.7 Å². The maximum atomic E-state index is 11.9. The maximum Gasteiger partial charge on any atom is 0.179 e. The SMILES string of the molecule is COc1ccc(C(=O)[C@@H](N)CCSC)cc1. The van der Waals surface area contributed by atoms with Crippen molar-refractivity contribution in [3.8, 4) is 5.75 Å². The first-order valence-electron chi connectivity index (χ1n) is 5.12. The summed E-state index contributed by atoms with van der Waals surface area (Å²) in [7, 11) is 1.60. The van der Waals surface area contributed by atoms with Crippen molar-refractivity contribution in [1.29, 1.82) is 0 Å². The van der Waals surface area contributed by atoms with E-state index in [0.29, 0.717) is 12.0 Å². The van der Waals surface area contributed by atoms with Crippen LogP contribution in [0.25, 0.3) is 0 Å². The van der Waals surface area contributed by atoms with Crippen LogP contribution in [0.3, 0.4) is 0 Å². The number of methoxy groups -OCH3 is 1. The molecule has 0 heterocycles. The second kappa shape index (κ2) is 6.55. The summed E-state index contributed by atoms with van der Waals surface area (Å²) in [4.78, 5) is 11.9. The van der Waals surface area contributed by atoms with Gasteiger partial charge in [0.15, 0.2) is 5.78 Å². The summed E-state index contributed by atoms with van der Waals surface area (Å²) < 4.78 is 5.03. The van der Waals surface area contributed by atoms with Crippen LogP contribution in [0, 0.1) is 0 Å². The summed E-state index contributed by atoms with van der Waals surface area (Å²) in [6.45, 7) is 0. The first-order valence-corrected chi connectivity index (χ1v) is 6.51. The molecule has 1 rings (SSSR count). The molecule has 16 heavy (non-hydrogen) atoms. The molecule has 0 aromatic heterocycles. The number of Topliss-reactive ketones (excluding diaryl/α,β-unsaturated/α-hetero) is 1. The average molecular weight is 239 g/mol. The predicted molar refractivity (Wildman–Crippen MR) is 68.3 cm³/mol. The molecule has 0 saturated carbocycles. The first-order chi connectivity index (χ1) is 7.69. The summed E-state index contributed by atoms with van der Waals surface area (Å²) in [5.41, 5.74) is 6.46. The van der Waals surface area contributed by atoms with Gasteiger partial charge in [-0.3, -0.25) is 4.79 Å². The predicted octanol–water partition coefficient (Wildman–Crippen LogP) is 1.96. The van der Waals surface area contributed by atoms with Crippen LogP contribution in [0.4, 0.5) is 0 Å². The van der Waals surface area contributed by atoms with Crippen LogP contribution in [0.1, 0.15) is 16.8 Å². The molecule has 0 aliphatic heterocycles. The summed E-state index contributed by atoms with van der Waals surface area (Å²) in [6.07, 6.45) is 2.72. The van der Waals surface area contributed by atoms with Crippen LogP contribution in [0.5, 0.6) is 5.75 Å². The van der Waals surface area contributed by atoms with E-state index in [2.05, 4.69) is 0 Å². The van der Waals surface area contributed by atoms with Gasteiger partial charge in [0.05, 0.1) is 13.2 Å². The highest BCUT2D eigenvalue weighted by Gasteiger charge is 2.14. The maximum absolute atomic E-state index is 11.9. The summed E-state index contributed by atoms with van der Waals surface area (Å²) >= 11 is 1.70. The van der Waals surface area contributed by atoms with Gasteiger partial charge in [0.25, 0.3) is 0 Å². The Labute approximate surface area is 100 Å². The molecular formula is C12H17NO2S. The van der Waals surface area contributed by atoms with Gasteiger partial charge >= 0.3 is 0 Å². The van der Waals surface area contributed by atoms with E-state index < -0.39 is 6.04 Å². The van der Waals surface area contributed by atoms with Crippen molar-refractivity contribution in [1.82, 2.24) is 0 Å². The standard InChI is InChI=1S/C12H17NO2S/c1-15-10-5-3-9(4-6-10)12(14)11(13)7-8-16-2/h3-6,11H,7-8,13H2,1-2H3/t11-/m0/s1. The van der Waals surface area contributed by atoms with Crippen LogP contribution in [-0.4, -0.2) is 30.9 Å². The van der Waals surface area contributed by atoms with E-state index in [-0.39, 0.29) is 5.78 Å². The van der Waals surface area contributed by atoms with E-state index in [4.69, 9.17) is 10.5 Å². The highest BCUT2D eigenvalue weighted by molar-refractivity contribution is 7.98. The lowest BCUT2D eigenvalue weighted by atomic mass is 10.0.